The average Bonchev–Trinajstić information content (AvgIpc) is 2.60. The number of hydrogen-bond donors (Lipinski definition) is 1. The van der Waals surface area contributed by atoms with Crippen LogP contribution in [0.3, 0.4) is 0 Å². The fraction of sp³-hybridized carbons (Fsp3) is 0.308. The number of carbonyl (C=O) groups is 1. The number of aryl methyl sites for hydroxylation is 2. The first kappa shape index (κ1) is 12.8. The molecule has 0 aliphatic carbocycles. The molecule has 0 bridgehead atoms. The second-order valence-corrected chi connectivity index (χ2v) is 4.46. The Morgan fingerprint density at radius 2 is 2.17 bits per heavy atom. The van der Waals surface area contributed by atoms with E-state index in [1.807, 2.05) is 6.92 Å². The molecule has 1 N–H and O–H groups in total. The Labute approximate surface area is 110 Å². The molecule has 1 aromatic carbocycles. The van der Waals surface area contributed by atoms with Gasteiger partial charge in [0.25, 0.3) is 0 Å². The molecule has 1 aromatic heterocycles. The van der Waals surface area contributed by atoms with Gasteiger partial charge in [-0.1, -0.05) is 18.5 Å². The van der Waals surface area contributed by atoms with E-state index in [-0.39, 0.29) is 0 Å². The number of ether oxygens (including phenoxy) is 1. The van der Waals surface area contributed by atoms with Crippen LogP contribution in [0.2, 0.25) is 5.02 Å². The molecule has 0 saturated carbocycles. The maximum absolute atomic E-state index is 11.3. The fourth-order valence-corrected chi connectivity index (χ4v) is 2.53. The zero-order chi connectivity index (χ0) is 13.4. The van der Waals surface area contributed by atoms with Gasteiger partial charge in [0.2, 0.25) is 0 Å². The topological polar surface area (TPSA) is 51.5 Å². The number of carboxylic acid groups (broad SMARTS) is 1. The Balaban J connectivity index is 2.90. The van der Waals surface area contributed by atoms with E-state index < -0.39 is 5.97 Å². The van der Waals surface area contributed by atoms with Crippen molar-refractivity contribution in [3.63, 3.8) is 0 Å². The molecule has 1 heterocycles. The third-order valence-electron chi connectivity index (χ3n) is 3.13. The van der Waals surface area contributed by atoms with Crippen molar-refractivity contribution < 1.29 is 14.6 Å². The summed E-state index contributed by atoms with van der Waals surface area (Å²) in [5, 5.41) is 10.6. The molecule has 4 nitrogen and oxygen atoms in total. The number of aromatic carboxylic acids is 1. The summed E-state index contributed by atoms with van der Waals surface area (Å²) in [4.78, 5) is 11.3. The van der Waals surface area contributed by atoms with Gasteiger partial charge in [0.05, 0.1) is 17.6 Å². The van der Waals surface area contributed by atoms with Crippen LogP contribution < -0.4 is 4.74 Å². The lowest BCUT2D eigenvalue weighted by atomic mass is 10.1. The summed E-state index contributed by atoms with van der Waals surface area (Å²) in [5.74, 6) is -0.373. The lowest BCUT2D eigenvalue weighted by molar-refractivity contribution is 0.0686. The molecule has 5 heteroatoms. The van der Waals surface area contributed by atoms with Gasteiger partial charge in [-0.15, -0.1) is 0 Å². The Morgan fingerprint density at radius 1 is 1.50 bits per heavy atom. The van der Waals surface area contributed by atoms with Gasteiger partial charge in [-0.2, -0.15) is 0 Å². The first-order valence-electron chi connectivity index (χ1n) is 5.59. The van der Waals surface area contributed by atoms with Crippen LogP contribution in [0.5, 0.6) is 5.75 Å². The first-order chi connectivity index (χ1) is 8.51. The molecular formula is C13H14ClNO3. The van der Waals surface area contributed by atoms with Gasteiger partial charge in [-0.05, 0) is 24.1 Å². The Kier molecular flexibility index (Phi) is 3.22. The molecule has 2 aromatic rings. The molecule has 0 amide bonds. The van der Waals surface area contributed by atoms with Crippen LogP contribution in [0.4, 0.5) is 0 Å². The Morgan fingerprint density at radius 3 is 2.67 bits per heavy atom. The normalized spacial score (nSPS) is 10.9. The highest BCUT2D eigenvalue weighted by atomic mass is 35.5. The van der Waals surface area contributed by atoms with E-state index >= 15 is 0 Å². The molecule has 18 heavy (non-hydrogen) atoms. The number of hydrogen-bond acceptors (Lipinski definition) is 2. The molecule has 0 fully saturated rings. The van der Waals surface area contributed by atoms with Crippen molar-refractivity contribution in [2.24, 2.45) is 7.05 Å². The van der Waals surface area contributed by atoms with E-state index in [2.05, 4.69) is 0 Å². The summed E-state index contributed by atoms with van der Waals surface area (Å²) in [6.07, 6.45) is 0.643. The zero-order valence-corrected chi connectivity index (χ0v) is 11.2. The van der Waals surface area contributed by atoms with Gasteiger partial charge in [0.1, 0.15) is 11.4 Å². The van der Waals surface area contributed by atoms with E-state index in [1.165, 1.54) is 0 Å². The molecule has 0 radical (unpaired) electrons. The van der Waals surface area contributed by atoms with Gasteiger partial charge < -0.3 is 14.4 Å². The highest BCUT2D eigenvalue weighted by Gasteiger charge is 2.20. The van der Waals surface area contributed by atoms with Crippen LogP contribution in [0.15, 0.2) is 12.1 Å². The minimum absolute atomic E-state index is 0.303. The van der Waals surface area contributed by atoms with Crippen LogP contribution in [-0.4, -0.2) is 22.8 Å². The molecule has 0 aliphatic rings. The predicted molar refractivity (Wildman–Crippen MR) is 70.8 cm³/mol. The number of benzene rings is 1. The largest absolute Gasteiger partial charge is 0.495 e. The number of aromatic nitrogens is 1. The van der Waals surface area contributed by atoms with Crippen molar-refractivity contribution in [2.45, 2.75) is 13.3 Å². The summed E-state index contributed by atoms with van der Waals surface area (Å²) in [6, 6.07) is 3.53. The number of nitrogens with zero attached hydrogens (tertiary/aromatic N) is 1. The minimum atomic E-state index is -0.930. The van der Waals surface area contributed by atoms with Crippen molar-refractivity contribution in [3.8, 4) is 5.75 Å². The smallest absolute Gasteiger partial charge is 0.352 e. The minimum Gasteiger partial charge on any atom is -0.495 e. The average molecular weight is 268 g/mol. The number of fused-ring (bicyclic) bond motifs is 1. The molecule has 96 valence electrons. The maximum atomic E-state index is 11.3. The van der Waals surface area contributed by atoms with Crippen LogP contribution in [0, 0.1) is 0 Å². The monoisotopic (exact) mass is 267 g/mol. The second-order valence-electron chi connectivity index (χ2n) is 4.05. The second kappa shape index (κ2) is 4.53. The van der Waals surface area contributed by atoms with Gasteiger partial charge in [-0.3, -0.25) is 0 Å². The highest BCUT2D eigenvalue weighted by molar-refractivity contribution is 6.33. The Hall–Kier alpha value is -1.68. The summed E-state index contributed by atoms with van der Waals surface area (Å²) in [5.41, 5.74) is 1.90. The molecule has 0 saturated heterocycles. The van der Waals surface area contributed by atoms with E-state index in [0.29, 0.717) is 22.9 Å². The van der Waals surface area contributed by atoms with Gasteiger partial charge in [0.15, 0.2) is 0 Å². The van der Waals surface area contributed by atoms with E-state index in [4.69, 9.17) is 16.3 Å². The van der Waals surface area contributed by atoms with Gasteiger partial charge >= 0.3 is 5.97 Å². The molecule has 0 atom stereocenters. The lowest BCUT2D eigenvalue weighted by Gasteiger charge is -2.04. The molecule has 0 aliphatic heterocycles. The predicted octanol–water partition coefficient (Wildman–Crippen LogP) is 3.10. The van der Waals surface area contributed by atoms with Crippen LogP contribution >= 0.6 is 11.6 Å². The van der Waals surface area contributed by atoms with Crippen LogP contribution in [-0.2, 0) is 13.5 Å². The Bertz CT molecular complexity index is 631. The summed E-state index contributed by atoms with van der Waals surface area (Å²) >= 11 is 6.07. The van der Waals surface area contributed by atoms with Crippen LogP contribution in [0.25, 0.3) is 10.9 Å². The highest BCUT2D eigenvalue weighted by Crippen LogP contribution is 2.34. The number of methoxy groups -OCH3 is 1. The standard InChI is InChI=1S/C13H14ClNO3/c1-4-7-8-5-11(18-3)9(14)6-10(8)15(2)12(7)13(16)17/h5-6H,4H2,1-3H3,(H,16,17). The number of halogens is 1. The third kappa shape index (κ3) is 1.73. The number of rotatable bonds is 3. The van der Waals surface area contributed by atoms with Gasteiger partial charge in [-0.25, -0.2) is 4.79 Å². The molecule has 0 unspecified atom stereocenters. The van der Waals surface area contributed by atoms with Crippen molar-refractivity contribution >= 4 is 28.5 Å². The van der Waals surface area contributed by atoms with E-state index in [9.17, 15) is 9.90 Å². The summed E-state index contributed by atoms with van der Waals surface area (Å²) < 4.78 is 6.83. The lowest BCUT2D eigenvalue weighted by Crippen LogP contribution is -2.06. The van der Waals surface area contributed by atoms with E-state index in [1.54, 1.807) is 30.9 Å². The first-order valence-corrected chi connectivity index (χ1v) is 5.97. The van der Waals surface area contributed by atoms with E-state index in [0.717, 1.165) is 16.5 Å². The van der Waals surface area contributed by atoms with Gasteiger partial charge in [0, 0.05) is 12.4 Å². The third-order valence-corrected chi connectivity index (χ3v) is 3.43. The van der Waals surface area contributed by atoms with Crippen molar-refractivity contribution in [1.29, 1.82) is 0 Å². The quantitative estimate of drug-likeness (QED) is 0.930. The molecular weight excluding hydrogens is 254 g/mol. The zero-order valence-electron chi connectivity index (χ0n) is 10.5. The number of carboxylic acids is 1. The summed E-state index contributed by atoms with van der Waals surface area (Å²) in [7, 11) is 3.27. The van der Waals surface area contributed by atoms with Crippen molar-refractivity contribution in [3.05, 3.63) is 28.4 Å². The molecule has 0 spiro atoms. The van der Waals surface area contributed by atoms with Crippen molar-refractivity contribution in [1.82, 2.24) is 4.57 Å². The van der Waals surface area contributed by atoms with Crippen molar-refractivity contribution in [2.75, 3.05) is 7.11 Å². The SMILES string of the molecule is CCc1c(C(=O)O)n(C)c2cc(Cl)c(OC)cc12. The summed E-state index contributed by atoms with van der Waals surface area (Å²) in [6.45, 7) is 1.93. The van der Waals surface area contributed by atoms with Crippen LogP contribution in [0.1, 0.15) is 23.0 Å². The maximum Gasteiger partial charge on any atom is 0.352 e. The molecule has 2 rings (SSSR count). The fourth-order valence-electron chi connectivity index (χ4n) is 2.30.